The molecule has 0 aliphatic heterocycles. The minimum absolute atomic E-state index is 0.117. The van der Waals surface area contributed by atoms with Gasteiger partial charge in [0.25, 0.3) is 5.91 Å². The Balaban J connectivity index is 2.11. The topological polar surface area (TPSA) is 60.3 Å². The monoisotopic (exact) mass is 438 g/mol. The van der Waals surface area contributed by atoms with Crippen molar-refractivity contribution in [2.24, 2.45) is 0 Å². The molecule has 3 aromatic rings. The van der Waals surface area contributed by atoms with Gasteiger partial charge in [-0.05, 0) is 42.3 Å². The van der Waals surface area contributed by atoms with E-state index in [0.29, 0.717) is 39.8 Å². The molecular formula is C20H17Cl3N2O3. The van der Waals surface area contributed by atoms with E-state index in [2.05, 4.69) is 5.32 Å². The predicted octanol–water partition coefficient (Wildman–Crippen LogP) is 4.98. The molecule has 146 valence electrons. The van der Waals surface area contributed by atoms with Gasteiger partial charge >= 0.3 is 0 Å². The Labute approximate surface area is 177 Å². The first-order valence-electron chi connectivity index (χ1n) is 8.43. The summed E-state index contributed by atoms with van der Waals surface area (Å²) in [7, 11) is 1.53. The first-order valence-corrected chi connectivity index (χ1v) is 9.57. The summed E-state index contributed by atoms with van der Waals surface area (Å²) < 4.78 is 6.80. The highest BCUT2D eigenvalue weighted by Gasteiger charge is 2.19. The Hall–Kier alpha value is -2.21. The second-order valence-corrected chi connectivity index (χ2v) is 7.44. The summed E-state index contributed by atoms with van der Waals surface area (Å²) in [5.41, 5.74) is 1.82. The van der Waals surface area contributed by atoms with Gasteiger partial charge in [0.15, 0.2) is 0 Å². The lowest BCUT2D eigenvalue weighted by molar-refractivity contribution is -0.118. The van der Waals surface area contributed by atoms with Gasteiger partial charge < -0.3 is 10.1 Å². The third kappa shape index (κ3) is 4.12. The zero-order valence-corrected chi connectivity index (χ0v) is 17.5. The maximum atomic E-state index is 13.1. The first-order chi connectivity index (χ1) is 13.3. The number of carbonyl (C=O) groups is 2. The Kier molecular flexibility index (Phi) is 6.18. The van der Waals surface area contributed by atoms with E-state index < -0.39 is 0 Å². The largest absolute Gasteiger partial charge is 0.495 e. The maximum absolute atomic E-state index is 13.1. The van der Waals surface area contributed by atoms with Crippen LogP contribution in [-0.4, -0.2) is 30.0 Å². The molecule has 28 heavy (non-hydrogen) atoms. The lowest BCUT2D eigenvalue weighted by Gasteiger charge is -2.08. The molecule has 0 atom stereocenters. The van der Waals surface area contributed by atoms with Gasteiger partial charge in [-0.15, -0.1) is 0 Å². The van der Waals surface area contributed by atoms with Crippen molar-refractivity contribution in [3.8, 4) is 5.75 Å². The van der Waals surface area contributed by atoms with Crippen LogP contribution in [0, 0.1) is 0 Å². The number of hydrogen-bond donors (Lipinski definition) is 1. The SMILES string of the molecule is COc1cc2c(CCNC(C)=O)cn(C(=O)c3ccc(Cl)cc3Cl)c2cc1Cl. The van der Waals surface area contributed by atoms with Crippen LogP contribution in [0.15, 0.2) is 36.5 Å². The number of fused-ring (bicyclic) bond motifs is 1. The molecule has 0 radical (unpaired) electrons. The van der Waals surface area contributed by atoms with Gasteiger partial charge in [-0.3, -0.25) is 14.2 Å². The van der Waals surface area contributed by atoms with E-state index in [9.17, 15) is 9.59 Å². The van der Waals surface area contributed by atoms with Gasteiger partial charge in [-0.25, -0.2) is 0 Å². The van der Waals surface area contributed by atoms with E-state index in [1.807, 2.05) is 0 Å². The summed E-state index contributed by atoms with van der Waals surface area (Å²) in [6.07, 6.45) is 2.27. The molecule has 1 heterocycles. The van der Waals surface area contributed by atoms with Gasteiger partial charge in [-0.1, -0.05) is 34.8 Å². The molecule has 0 bridgehead atoms. The Bertz CT molecular complexity index is 1080. The minimum Gasteiger partial charge on any atom is -0.495 e. The number of ether oxygens (including phenoxy) is 1. The molecule has 2 aromatic carbocycles. The van der Waals surface area contributed by atoms with Crippen molar-refractivity contribution in [2.75, 3.05) is 13.7 Å². The number of methoxy groups -OCH3 is 1. The van der Waals surface area contributed by atoms with Crippen molar-refractivity contribution in [2.45, 2.75) is 13.3 Å². The summed E-state index contributed by atoms with van der Waals surface area (Å²) in [4.78, 5) is 24.3. The number of benzene rings is 2. The van der Waals surface area contributed by atoms with E-state index >= 15 is 0 Å². The number of nitrogens with zero attached hydrogens (tertiary/aromatic N) is 1. The molecule has 5 nitrogen and oxygen atoms in total. The number of hydrogen-bond acceptors (Lipinski definition) is 3. The Morgan fingerprint density at radius 1 is 1.11 bits per heavy atom. The predicted molar refractivity (Wildman–Crippen MR) is 112 cm³/mol. The van der Waals surface area contributed by atoms with Gasteiger partial charge in [0.1, 0.15) is 5.75 Å². The smallest absolute Gasteiger partial charge is 0.263 e. The van der Waals surface area contributed by atoms with Crippen LogP contribution in [0.5, 0.6) is 5.75 Å². The van der Waals surface area contributed by atoms with Crippen LogP contribution in [0.25, 0.3) is 10.9 Å². The van der Waals surface area contributed by atoms with Gasteiger partial charge in [-0.2, -0.15) is 0 Å². The summed E-state index contributed by atoms with van der Waals surface area (Å²) in [6.45, 7) is 1.90. The second kappa shape index (κ2) is 8.43. The standard InChI is InChI=1S/C20H17Cl3N2O3/c1-11(26)24-6-5-12-10-25(18-9-17(23)19(28-2)8-15(12)18)20(27)14-4-3-13(21)7-16(14)22/h3-4,7-10H,5-6H2,1-2H3,(H,24,26). The minimum atomic E-state index is -0.307. The van der Waals surface area contributed by atoms with E-state index in [4.69, 9.17) is 39.5 Å². The van der Waals surface area contributed by atoms with Crippen molar-refractivity contribution >= 4 is 57.5 Å². The average Bonchev–Trinajstić information content (AvgIpc) is 2.97. The molecular weight excluding hydrogens is 423 g/mol. The number of halogens is 3. The summed E-state index contributed by atoms with van der Waals surface area (Å²) in [6, 6.07) is 8.18. The van der Waals surface area contributed by atoms with E-state index in [-0.39, 0.29) is 16.8 Å². The lowest BCUT2D eigenvalue weighted by atomic mass is 10.1. The van der Waals surface area contributed by atoms with Crippen LogP contribution in [0.2, 0.25) is 15.1 Å². The van der Waals surface area contributed by atoms with E-state index in [0.717, 1.165) is 10.9 Å². The van der Waals surface area contributed by atoms with Crippen LogP contribution in [0.3, 0.4) is 0 Å². The average molecular weight is 440 g/mol. The Morgan fingerprint density at radius 2 is 1.86 bits per heavy atom. The first kappa shape index (κ1) is 20.5. The van der Waals surface area contributed by atoms with Gasteiger partial charge in [0, 0.05) is 30.1 Å². The van der Waals surface area contributed by atoms with Gasteiger partial charge in [0.2, 0.25) is 5.91 Å². The van der Waals surface area contributed by atoms with Crippen molar-refractivity contribution < 1.29 is 14.3 Å². The van der Waals surface area contributed by atoms with Crippen molar-refractivity contribution in [1.82, 2.24) is 9.88 Å². The molecule has 3 rings (SSSR count). The third-order valence-electron chi connectivity index (χ3n) is 4.31. The highest BCUT2D eigenvalue weighted by molar-refractivity contribution is 6.37. The zero-order chi connectivity index (χ0) is 20.4. The lowest BCUT2D eigenvalue weighted by Crippen LogP contribution is -2.22. The quantitative estimate of drug-likeness (QED) is 0.610. The molecule has 8 heteroatoms. The highest BCUT2D eigenvalue weighted by atomic mass is 35.5. The number of aromatic nitrogens is 1. The fourth-order valence-corrected chi connectivity index (χ4v) is 3.71. The molecule has 0 spiro atoms. The van der Waals surface area contributed by atoms with Crippen molar-refractivity contribution in [1.29, 1.82) is 0 Å². The molecule has 0 saturated carbocycles. The van der Waals surface area contributed by atoms with Crippen molar-refractivity contribution in [3.63, 3.8) is 0 Å². The van der Waals surface area contributed by atoms with Crippen LogP contribution >= 0.6 is 34.8 Å². The fourth-order valence-electron chi connectivity index (χ4n) is 2.98. The highest BCUT2D eigenvalue weighted by Crippen LogP contribution is 2.34. The van der Waals surface area contributed by atoms with Crippen LogP contribution in [0.1, 0.15) is 22.8 Å². The fraction of sp³-hybridized carbons (Fsp3) is 0.200. The van der Waals surface area contributed by atoms with Crippen LogP contribution in [-0.2, 0) is 11.2 Å². The molecule has 0 aliphatic rings. The number of amides is 1. The third-order valence-corrected chi connectivity index (χ3v) is 5.15. The summed E-state index contributed by atoms with van der Waals surface area (Å²) in [5, 5.41) is 4.66. The van der Waals surface area contributed by atoms with Crippen molar-refractivity contribution in [3.05, 3.63) is 62.7 Å². The normalized spacial score (nSPS) is 10.9. The molecule has 1 aromatic heterocycles. The van der Waals surface area contributed by atoms with E-state index in [1.165, 1.54) is 24.7 Å². The Morgan fingerprint density at radius 3 is 2.50 bits per heavy atom. The molecule has 0 saturated heterocycles. The van der Waals surface area contributed by atoms with Crippen LogP contribution in [0.4, 0.5) is 0 Å². The number of rotatable bonds is 5. The number of carbonyl (C=O) groups excluding carboxylic acids is 2. The molecule has 1 N–H and O–H groups in total. The second-order valence-electron chi connectivity index (χ2n) is 6.19. The summed E-state index contributed by atoms with van der Waals surface area (Å²) in [5.74, 6) is 0.0803. The maximum Gasteiger partial charge on any atom is 0.263 e. The molecule has 0 fully saturated rings. The summed E-state index contributed by atoms with van der Waals surface area (Å²) >= 11 is 18.4. The molecule has 0 unspecified atom stereocenters. The van der Waals surface area contributed by atoms with E-state index in [1.54, 1.807) is 30.5 Å². The number of nitrogens with one attached hydrogen (secondary N) is 1. The zero-order valence-electron chi connectivity index (χ0n) is 15.2. The molecule has 0 aliphatic carbocycles. The molecule has 1 amide bonds. The van der Waals surface area contributed by atoms with Crippen LogP contribution < -0.4 is 10.1 Å². The van der Waals surface area contributed by atoms with Gasteiger partial charge in [0.05, 0.1) is 28.2 Å².